The van der Waals surface area contributed by atoms with Crippen molar-refractivity contribution in [3.8, 4) is 17.3 Å². The molecule has 4 rings (SSSR count). The summed E-state index contributed by atoms with van der Waals surface area (Å²) in [5.41, 5.74) is 0.949. The summed E-state index contributed by atoms with van der Waals surface area (Å²) in [4.78, 5) is 4.71. The highest BCUT2D eigenvalue weighted by molar-refractivity contribution is 9.10. The number of ether oxygens (including phenoxy) is 1. The number of benzene rings is 1. The fourth-order valence-electron chi connectivity index (χ4n) is 3.24. The van der Waals surface area contributed by atoms with E-state index in [1.165, 1.54) is 12.8 Å². The molecule has 5 nitrogen and oxygen atoms in total. The van der Waals surface area contributed by atoms with Crippen molar-refractivity contribution in [2.24, 2.45) is 0 Å². The summed E-state index contributed by atoms with van der Waals surface area (Å²) < 4.78 is 14.6. The number of hydrogen-bond acceptors (Lipinski definition) is 4. The third kappa shape index (κ3) is 3.55. The van der Waals surface area contributed by atoms with Gasteiger partial charge in [-0.2, -0.15) is 0 Å². The lowest BCUT2D eigenvalue weighted by Gasteiger charge is -2.18. The van der Waals surface area contributed by atoms with Crippen LogP contribution in [0.3, 0.4) is 0 Å². The maximum Gasteiger partial charge on any atom is 0.217 e. The number of halogens is 1. The van der Waals surface area contributed by atoms with Gasteiger partial charge in [-0.1, -0.05) is 28.8 Å². The SMILES string of the molecule is CC(OC1CCCC1)c1nc(-c2ccco2)nn1-c1ccc(Br)cc1. The Balaban J connectivity index is 1.70. The zero-order chi connectivity index (χ0) is 17.2. The number of hydrogen-bond donors (Lipinski definition) is 0. The van der Waals surface area contributed by atoms with E-state index in [1.54, 1.807) is 6.26 Å². The second kappa shape index (κ2) is 7.14. The summed E-state index contributed by atoms with van der Waals surface area (Å²) in [5.74, 6) is 2.02. The third-order valence-electron chi connectivity index (χ3n) is 4.51. The number of nitrogens with zero attached hydrogens (tertiary/aromatic N) is 3. The van der Waals surface area contributed by atoms with Crippen LogP contribution in [0.5, 0.6) is 0 Å². The summed E-state index contributed by atoms with van der Waals surface area (Å²) in [6.45, 7) is 2.05. The lowest BCUT2D eigenvalue weighted by Crippen LogP contribution is -2.15. The van der Waals surface area contributed by atoms with Gasteiger partial charge < -0.3 is 9.15 Å². The van der Waals surface area contributed by atoms with Gasteiger partial charge in [0.1, 0.15) is 6.10 Å². The molecule has 2 aromatic heterocycles. The van der Waals surface area contributed by atoms with Gasteiger partial charge in [-0.15, -0.1) is 5.10 Å². The Bertz CT molecular complexity index is 821. The Kier molecular flexibility index (Phi) is 4.72. The number of rotatable bonds is 5. The van der Waals surface area contributed by atoms with Crippen molar-refractivity contribution in [3.63, 3.8) is 0 Å². The minimum Gasteiger partial charge on any atom is -0.461 e. The van der Waals surface area contributed by atoms with E-state index in [2.05, 4.69) is 21.0 Å². The lowest BCUT2D eigenvalue weighted by molar-refractivity contribution is -0.00456. The first-order valence-corrected chi connectivity index (χ1v) is 9.42. The van der Waals surface area contributed by atoms with E-state index in [4.69, 9.17) is 14.1 Å². The Labute approximate surface area is 155 Å². The second-order valence-electron chi connectivity index (χ2n) is 6.34. The van der Waals surface area contributed by atoms with Crippen LogP contribution in [0.25, 0.3) is 17.3 Å². The van der Waals surface area contributed by atoms with Gasteiger partial charge in [-0.25, -0.2) is 9.67 Å². The van der Waals surface area contributed by atoms with E-state index >= 15 is 0 Å². The molecule has 1 aromatic carbocycles. The third-order valence-corrected chi connectivity index (χ3v) is 5.04. The monoisotopic (exact) mass is 401 g/mol. The predicted molar refractivity (Wildman–Crippen MR) is 98.5 cm³/mol. The van der Waals surface area contributed by atoms with Crippen LogP contribution in [-0.2, 0) is 4.74 Å². The average molecular weight is 402 g/mol. The Morgan fingerprint density at radius 1 is 1.20 bits per heavy atom. The molecule has 1 unspecified atom stereocenters. The first-order valence-electron chi connectivity index (χ1n) is 8.63. The van der Waals surface area contributed by atoms with Crippen molar-refractivity contribution >= 4 is 15.9 Å². The standard InChI is InChI=1S/C19H20BrN3O2/c1-13(25-16-5-2-3-6-16)19-21-18(17-7-4-12-24-17)22-23(19)15-10-8-14(20)9-11-15/h4,7-13,16H,2-3,5-6H2,1H3. The first kappa shape index (κ1) is 16.5. The van der Waals surface area contributed by atoms with Crippen LogP contribution in [0, 0.1) is 0 Å². The highest BCUT2D eigenvalue weighted by atomic mass is 79.9. The molecule has 0 N–H and O–H groups in total. The summed E-state index contributed by atoms with van der Waals surface area (Å²) in [6, 6.07) is 11.7. The van der Waals surface area contributed by atoms with Crippen molar-refractivity contribution < 1.29 is 9.15 Å². The van der Waals surface area contributed by atoms with Crippen molar-refractivity contribution in [2.45, 2.75) is 44.8 Å². The zero-order valence-electron chi connectivity index (χ0n) is 14.1. The highest BCUT2D eigenvalue weighted by Crippen LogP contribution is 2.29. The first-order chi connectivity index (χ1) is 12.2. The molecule has 0 amide bonds. The maximum atomic E-state index is 6.25. The second-order valence-corrected chi connectivity index (χ2v) is 7.26. The van der Waals surface area contributed by atoms with Crippen molar-refractivity contribution in [3.05, 3.63) is 53.0 Å². The van der Waals surface area contributed by atoms with Crippen LogP contribution in [0.2, 0.25) is 0 Å². The quantitative estimate of drug-likeness (QED) is 0.581. The molecule has 0 saturated heterocycles. The topological polar surface area (TPSA) is 53.1 Å². The van der Waals surface area contributed by atoms with E-state index in [0.29, 0.717) is 17.7 Å². The zero-order valence-corrected chi connectivity index (χ0v) is 15.6. The molecule has 6 heteroatoms. The molecule has 2 heterocycles. The van der Waals surface area contributed by atoms with Gasteiger partial charge in [-0.05, 0) is 56.2 Å². The average Bonchev–Trinajstić information content (AvgIpc) is 3.36. The number of aromatic nitrogens is 3. The molecule has 0 spiro atoms. The molecule has 25 heavy (non-hydrogen) atoms. The molecule has 1 fully saturated rings. The number of furan rings is 1. The molecule has 0 radical (unpaired) electrons. The van der Waals surface area contributed by atoms with E-state index in [1.807, 2.05) is 48.0 Å². The lowest BCUT2D eigenvalue weighted by atomic mass is 10.2. The molecule has 1 atom stereocenters. The van der Waals surface area contributed by atoms with Gasteiger partial charge in [0.05, 0.1) is 18.1 Å². The smallest absolute Gasteiger partial charge is 0.217 e. The van der Waals surface area contributed by atoms with E-state index in [9.17, 15) is 0 Å². The van der Waals surface area contributed by atoms with Crippen molar-refractivity contribution in [1.29, 1.82) is 0 Å². The molecule has 1 aliphatic carbocycles. The normalized spacial score (nSPS) is 16.4. The van der Waals surface area contributed by atoms with E-state index in [-0.39, 0.29) is 6.10 Å². The molecular weight excluding hydrogens is 382 g/mol. The summed E-state index contributed by atoms with van der Waals surface area (Å²) in [6.07, 6.45) is 6.56. The molecule has 0 aliphatic heterocycles. The Morgan fingerprint density at radius 3 is 2.64 bits per heavy atom. The molecule has 3 aromatic rings. The molecule has 1 saturated carbocycles. The molecule has 0 bridgehead atoms. The Hall–Kier alpha value is -1.92. The van der Waals surface area contributed by atoms with Gasteiger partial charge in [-0.3, -0.25) is 0 Å². The molecular formula is C19H20BrN3O2. The van der Waals surface area contributed by atoms with Crippen LogP contribution in [-0.4, -0.2) is 20.9 Å². The molecule has 1 aliphatic rings. The minimum absolute atomic E-state index is 0.136. The van der Waals surface area contributed by atoms with Crippen LogP contribution in [0.4, 0.5) is 0 Å². The van der Waals surface area contributed by atoms with Crippen molar-refractivity contribution in [1.82, 2.24) is 14.8 Å². The van der Waals surface area contributed by atoms with Crippen LogP contribution in [0.1, 0.15) is 44.5 Å². The summed E-state index contributed by atoms with van der Waals surface area (Å²) in [5, 5.41) is 4.66. The fourth-order valence-corrected chi connectivity index (χ4v) is 3.51. The Morgan fingerprint density at radius 2 is 1.96 bits per heavy atom. The van der Waals surface area contributed by atoms with Crippen LogP contribution in [0.15, 0.2) is 51.6 Å². The van der Waals surface area contributed by atoms with Gasteiger partial charge in [0.25, 0.3) is 0 Å². The van der Waals surface area contributed by atoms with Crippen molar-refractivity contribution in [2.75, 3.05) is 0 Å². The van der Waals surface area contributed by atoms with E-state index in [0.717, 1.165) is 28.8 Å². The minimum atomic E-state index is -0.136. The van der Waals surface area contributed by atoms with Gasteiger partial charge >= 0.3 is 0 Å². The molecule has 130 valence electrons. The van der Waals surface area contributed by atoms with Gasteiger partial charge in [0.15, 0.2) is 11.6 Å². The highest BCUT2D eigenvalue weighted by Gasteiger charge is 2.24. The van der Waals surface area contributed by atoms with Gasteiger partial charge in [0, 0.05) is 4.47 Å². The largest absolute Gasteiger partial charge is 0.461 e. The van der Waals surface area contributed by atoms with Crippen LogP contribution < -0.4 is 0 Å². The van der Waals surface area contributed by atoms with Gasteiger partial charge in [0.2, 0.25) is 5.82 Å². The fraction of sp³-hybridized carbons (Fsp3) is 0.368. The van der Waals surface area contributed by atoms with Crippen LogP contribution >= 0.6 is 15.9 Å². The maximum absolute atomic E-state index is 6.25. The summed E-state index contributed by atoms with van der Waals surface area (Å²) in [7, 11) is 0. The predicted octanol–water partition coefficient (Wildman–Crippen LogP) is 5.31. The van der Waals surface area contributed by atoms with E-state index < -0.39 is 0 Å². The summed E-state index contributed by atoms with van der Waals surface area (Å²) >= 11 is 3.48.